The monoisotopic (exact) mass is 449 g/mol. The van der Waals surface area contributed by atoms with E-state index in [1.54, 1.807) is 16.7 Å². The molecule has 0 spiro atoms. The van der Waals surface area contributed by atoms with E-state index in [0.29, 0.717) is 11.8 Å². The Labute approximate surface area is 197 Å². The first-order chi connectivity index (χ1) is 15.2. The van der Waals surface area contributed by atoms with Crippen LogP contribution >= 0.6 is 11.8 Å². The van der Waals surface area contributed by atoms with Crippen molar-refractivity contribution in [2.45, 2.75) is 44.6 Å². The number of carbonyl (C=O) groups excluding carboxylic acids is 1. The summed E-state index contributed by atoms with van der Waals surface area (Å²) in [6.07, 6.45) is 10.2. The number of aryl methyl sites for hydroxylation is 1. The number of imidazole rings is 1. The number of allylic oxidation sites excluding steroid dienone is 5. The summed E-state index contributed by atoms with van der Waals surface area (Å²) < 4.78 is 2.08. The molecule has 170 valence electrons. The molecule has 4 nitrogen and oxygen atoms in total. The Balaban J connectivity index is 1.71. The number of nitrogens with zero attached hydrogens (tertiary/aromatic N) is 3. The second kappa shape index (κ2) is 10.4. The maximum Gasteiger partial charge on any atom is 0.225 e. The van der Waals surface area contributed by atoms with Crippen LogP contribution < -0.4 is 0 Å². The van der Waals surface area contributed by atoms with E-state index in [-0.39, 0.29) is 11.8 Å². The van der Waals surface area contributed by atoms with Gasteiger partial charge in [-0.1, -0.05) is 73.3 Å². The highest BCUT2D eigenvalue weighted by Crippen LogP contribution is 2.52. The van der Waals surface area contributed by atoms with Crippen molar-refractivity contribution in [2.24, 2.45) is 18.9 Å². The number of thioether (sulfide) groups is 1. The van der Waals surface area contributed by atoms with Gasteiger partial charge in [0.25, 0.3) is 0 Å². The second-order valence-corrected chi connectivity index (χ2v) is 10.2. The molecule has 1 heterocycles. The Morgan fingerprint density at radius 3 is 2.59 bits per heavy atom. The minimum absolute atomic E-state index is 0.0772. The third kappa shape index (κ3) is 5.63. The van der Waals surface area contributed by atoms with Crippen molar-refractivity contribution in [1.82, 2.24) is 14.5 Å². The molecule has 1 aliphatic carbocycles. The third-order valence-electron chi connectivity index (χ3n) is 6.23. The topological polar surface area (TPSA) is 38.1 Å². The Morgan fingerprint density at radius 2 is 1.97 bits per heavy atom. The third-order valence-corrected chi connectivity index (χ3v) is 7.40. The van der Waals surface area contributed by atoms with E-state index >= 15 is 0 Å². The van der Waals surface area contributed by atoms with Gasteiger partial charge in [-0.3, -0.25) is 4.79 Å². The number of aromatic nitrogens is 2. The molecule has 3 rings (SSSR count). The van der Waals surface area contributed by atoms with Gasteiger partial charge in [0, 0.05) is 32.6 Å². The van der Waals surface area contributed by atoms with Crippen molar-refractivity contribution < 1.29 is 4.79 Å². The fourth-order valence-electron chi connectivity index (χ4n) is 4.05. The molecular weight excluding hydrogens is 414 g/mol. The molecule has 0 bridgehead atoms. The van der Waals surface area contributed by atoms with Gasteiger partial charge in [-0.25, -0.2) is 4.98 Å². The van der Waals surface area contributed by atoms with Crippen LogP contribution in [0.1, 0.15) is 45.1 Å². The van der Waals surface area contributed by atoms with Crippen LogP contribution in [-0.2, 0) is 11.8 Å². The first-order valence-corrected chi connectivity index (χ1v) is 12.0. The molecule has 3 unspecified atom stereocenters. The summed E-state index contributed by atoms with van der Waals surface area (Å²) in [7, 11) is 5.72. The molecule has 0 saturated heterocycles. The van der Waals surface area contributed by atoms with E-state index in [2.05, 4.69) is 73.3 Å². The molecule has 5 heteroatoms. The molecule has 1 saturated carbocycles. The first kappa shape index (κ1) is 24.1. The fraction of sp³-hybridized carbons (Fsp3) is 0.407. The molecule has 2 aromatic rings. The van der Waals surface area contributed by atoms with Gasteiger partial charge in [0.15, 0.2) is 0 Å². The minimum Gasteiger partial charge on any atom is -0.349 e. The number of hydrogen-bond acceptors (Lipinski definition) is 3. The van der Waals surface area contributed by atoms with Crippen molar-refractivity contribution in [3.63, 3.8) is 0 Å². The Hall–Kier alpha value is -2.53. The van der Waals surface area contributed by atoms with Crippen molar-refractivity contribution in [3.8, 4) is 11.3 Å². The van der Waals surface area contributed by atoms with Crippen molar-refractivity contribution >= 4 is 17.7 Å². The summed E-state index contributed by atoms with van der Waals surface area (Å²) in [6.45, 7) is 10.1. The minimum atomic E-state index is 0.0772. The zero-order valence-electron chi connectivity index (χ0n) is 20.1. The van der Waals surface area contributed by atoms with Gasteiger partial charge < -0.3 is 9.47 Å². The normalized spacial score (nSPS) is 19.6. The summed E-state index contributed by atoms with van der Waals surface area (Å²) in [5.41, 5.74) is 4.65. The summed E-state index contributed by atoms with van der Waals surface area (Å²) in [5, 5.41) is 1.14. The maximum atomic E-state index is 12.3. The van der Waals surface area contributed by atoms with Crippen LogP contribution in [0, 0.1) is 11.8 Å². The number of carbonyl (C=O) groups is 1. The highest BCUT2D eigenvalue weighted by atomic mass is 32.2. The van der Waals surface area contributed by atoms with Crippen LogP contribution in [0.15, 0.2) is 70.9 Å². The quantitative estimate of drug-likeness (QED) is 0.327. The molecule has 0 radical (unpaired) electrons. The molecule has 32 heavy (non-hydrogen) atoms. The lowest BCUT2D eigenvalue weighted by atomic mass is 9.99. The molecule has 1 aromatic heterocycles. The van der Waals surface area contributed by atoms with Gasteiger partial charge in [-0.2, -0.15) is 0 Å². The zero-order valence-corrected chi connectivity index (χ0v) is 20.9. The lowest BCUT2D eigenvalue weighted by Crippen LogP contribution is -2.29. The number of amides is 1. The summed E-state index contributed by atoms with van der Waals surface area (Å²) in [4.78, 5) is 19.9. The number of benzene rings is 1. The van der Waals surface area contributed by atoms with Gasteiger partial charge in [0.05, 0.1) is 6.33 Å². The summed E-state index contributed by atoms with van der Waals surface area (Å²) >= 11 is 1.75. The van der Waals surface area contributed by atoms with Gasteiger partial charge in [-0.05, 0) is 49.0 Å². The van der Waals surface area contributed by atoms with Crippen LogP contribution in [0.2, 0.25) is 0 Å². The maximum absolute atomic E-state index is 12.3. The second-order valence-electron chi connectivity index (χ2n) is 8.96. The average molecular weight is 450 g/mol. The number of hydrogen-bond donors (Lipinski definition) is 0. The Kier molecular flexibility index (Phi) is 7.83. The predicted octanol–water partition coefficient (Wildman–Crippen LogP) is 6.43. The zero-order chi connectivity index (χ0) is 23.4. The molecular formula is C27H35N3OS. The highest BCUT2D eigenvalue weighted by Gasteiger charge is 2.44. The average Bonchev–Trinajstić information content (AvgIpc) is 3.50. The molecule has 1 fully saturated rings. The molecule has 1 aliphatic rings. The first-order valence-electron chi connectivity index (χ1n) is 11.2. The van der Waals surface area contributed by atoms with Crippen LogP contribution in [0.25, 0.3) is 11.3 Å². The SMILES string of the molecule is C=CC(C)=CCC=C(C)Sc1c(-c2ccc(C3CC3C(C)C(=O)N(C)C)cc2)ncn1C. The van der Waals surface area contributed by atoms with Gasteiger partial charge in [0.1, 0.15) is 10.7 Å². The lowest BCUT2D eigenvalue weighted by molar-refractivity contribution is -0.133. The van der Waals surface area contributed by atoms with Gasteiger partial charge in [-0.15, -0.1) is 0 Å². The van der Waals surface area contributed by atoms with E-state index < -0.39 is 0 Å². The van der Waals surface area contributed by atoms with E-state index in [4.69, 9.17) is 0 Å². The standard InChI is InChI=1S/C27H35N3OS/c1-8-18(2)10-9-11-19(3)32-27-25(28-17-30(27)7)22-14-12-21(13-15-22)24-16-23(24)20(4)26(31)29(5)6/h8,10-15,17,20,23-24H,1,9,16H2,2-7H3. The van der Waals surface area contributed by atoms with Crippen molar-refractivity contribution in [1.29, 1.82) is 0 Å². The van der Waals surface area contributed by atoms with Crippen molar-refractivity contribution in [3.05, 3.63) is 71.4 Å². The van der Waals surface area contributed by atoms with E-state index in [0.717, 1.165) is 29.1 Å². The summed E-state index contributed by atoms with van der Waals surface area (Å²) in [6, 6.07) is 8.76. The molecule has 1 amide bonds. The van der Waals surface area contributed by atoms with Crippen molar-refractivity contribution in [2.75, 3.05) is 14.1 Å². The molecule has 3 atom stereocenters. The van der Waals surface area contributed by atoms with Crippen LogP contribution in [0.4, 0.5) is 0 Å². The van der Waals surface area contributed by atoms with Crippen LogP contribution in [-0.4, -0.2) is 34.5 Å². The van der Waals surface area contributed by atoms with E-state index in [9.17, 15) is 4.79 Å². The van der Waals surface area contributed by atoms with Gasteiger partial charge in [0.2, 0.25) is 5.91 Å². The number of rotatable bonds is 9. The fourth-order valence-corrected chi connectivity index (χ4v) is 5.00. The van der Waals surface area contributed by atoms with E-state index in [1.165, 1.54) is 16.0 Å². The van der Waals surface area contributed by atoms with Crippen LogP contribution in [0.3, 0.4) is 0 Å². The molecule has 0 N–H and O–H groups in total. The lowest BCUT2D eigenvalue weighted by Gasteiger charge is -2.16. The summed E-state index contributed by atoms with van der Waals surface area (Å²) in [5.74, 6) is 1.23. The predicted molar refractivity (Wildman–Crippen MR) is 136 cm³/mol. The largest absolute Gasteiger partial charge is 0.349 e. The van der Waals surface area contributed by atoms with Crippen LogP contribution in [0.5, 0.6) is 0 Å². The Morgan fingerprint density at radius 1 is 1.28 bits per heavy atom. The molecule has 1 aromatic carbocycles. The highest BCUT2D eigenvalue weighted by molar-refractivity contribution is 8.03. The molecule has 0 aliphatic heterocycles. The van der Waals surface area contributed by atoms with Gasteiger partial charge >= 0.3 is 0 Å². The van der Waals surface area contributed by atoms with E-state index in [1.807, 2.05) is 33.5 Å². The Bertz CT molecular complexity index is 1030. The smallest absolute Gasteiger partial charge is 0.225 e.